The molecule has 284 valence electrons. The van der Waals surface area contributed by atoms with Gasteiger partial charge >= 0.3 is 18.4 Å². The number of imidazole rings is 1. The van der Waals surface area contributed by atoms with E-state index >= 15 is 0 Å². The van der Waals surface area contributed by atoms with E-state index in [0.717, 1.165) is 30.7 Å². The van der Waals surface area contributed by atoms with Gasteiger partial charge in [0.15, 0.2) is 6.10 Å². The molecule has 2 heterocycles. The highest BCUT2D eigenvalue weighted by Crippen LogP contribution is 2.35. The number of carbonyl (C=O) groups excluding carboxylic acids is 1. The van der Waals surface area contributed by atoms with E-state index in [1.807, 2.05) is 5.32 Å². The van der Waals surface area contributed by atoms with Gasteiger partial charge in [-0.25, -0.2) is 18.7 Å². The van der Waals surface area contributed by atoms with Crippen molar-refractivity contribution in [3.05, 3.63) is 29.6 Å². The van der Waals surface area contributed by atoms with Gasteiger partial charge in [0.2, 0.25) is 0 Å². The summed E-state index contributed by atoms with van der Waals surface area (Å²) in [4.78, 5) is 18.8. The fourth-order valence-corrected chi connectivity index (χ4v) is 6.89. The number of fused-ring (bicyclic) bond motifs is 1. The number of halogens is 6. The normalized spacial score (nSPS) is 21.0. The number of benzene rings is 1. The number of hydrogen-bond donors (Lipinski definition) is 2. The fraction of sp³-hybridized carbons (Fsp3) is 0.750. The van der Waals surface area contributed by atoms with Crippen molar-refractivity contribution in [2.24, 2.45) is 0 Å². The van der Waals surface area contributed by atoms with Gasteiger partial charge in [0.25, 0.3) is 0 Å². The van der Waals surface area contributed by atoms with Gasteiger partial charge in [0.05, 0.1) is 58.2 Å². The van der Waals surface area contributed by atoms with Gasteiger partial charge < -0.3 is 29.0 Å². The summed E-state index contributed by atoms with van der Waals surface area (Å²) in [6.07, 6.45) is -11.0. The molecule has 0 radical (unpaired) electrons. The lowest BCUT2D eigenvalue weighted by atomic mass is 10.0. The zero-order valence-electron chi connectivity index (χ0n) is 29.7. The van der Waals surface area contributed by atoms with E-state index in [4.69, 9.17) is 19.2 Å². The van der Waals surface area contributed by atoms with Gasteiger partial charge in [-0.05, 0) is 71.2 Å². The van der Waals surface area contributed by atoms with Crippen LogP contribution in [0.4, 0.5) is 31.1 Å². The Hall–Kier alpha value is -2.25. The highest BCUT2D eigenvalue weighted by molar-refractivity contribution is 7.84. The minimum absolute atomic E-state index is 0.0342. The molecule has 0 spiro atoms. The van der Waals surface area contributed by atoms with Crippen molar-refractivity contribution in [1.82, 2.24) is 24.5 Å². The van der Waals surface area contributed by atoms with Crippen molar-refractivity contribution in [3.8, 4) is 0 Å². The number of hydrogen-bond acceptors (Lipinski definition) is 6. The molecule has 10 nitrogen and oxygen atoms in total. The SMILES string of the molecule is C[C@H](O[C@H](C)[C@H](NS(=O)C(C)(C)C)c1nc2cc([C@@H](COC3CC3)N3C[C@@H](C(F)(F)F)NC3=O)ccc2n1COCC[Si](C)(C)C)C(F)(F)F. The van der Waals surface area contributed by atoms with Gasteiger partial charge in [-0.15, -0.1) is 0 Å². The van der Waals surface area contributed by atoms with E-state index < -0.39 is 79.1 Å². The van der Waals surface area contributed by atoms with Crippen LogP contribution in [0.2, 0.25) is 25.7 Å². The molecule has 2 aromatic rings. The molecular formula is C32H49F6N5O5SSi. The second-order valence-electron chi connectivity index (χ2n) is 15.2. The molecule has 0 bridgehead atoms. The molecule has 6 atom stereocenters. The molecule has 18 heteroatoms. The largest absolute Gasteiger partial charge is 0.414 e. The maximum absolute atomic E-state index is 13.6. The van der Waals surface area contributed by atoms with Gasteiger partial charge in [0, 0.05) is 14.7 Å². The summed E-state index contributed by atoms with van der Waals surface area (Å²) in [5.41, 5.74) is 1.32. The second-order valence-corrected chi connectivity index (χ2v) is 22.9. The van der Waals surface area contributed by atoms with E-state index in [0.29, 0.717) is 23.2 Å². The van der Waals surface area contributed by atoms with Crippen LogP contribution in [0.1, 0.15) is 70.9 Å². The average Bonchev–Trinajstić information content (AvgIpc) is 3.62. The second kappa shape index (κ2) is 15.4. The molecule has 1 aliphatic heterocycles. The Balaban J connectivity index is 1.79. The quantitative estimate of drug-likeness (QED) is 0.109. The Bertz CT molecular complexity index is 1510. The summed E-state index contributed by atoms with van der Waals surface area (Å²) in [5, 5.41) is 2.01. The van der Waals surface area contributed by atoms with Crippen LogP contribution in [0.5, 0.6) is 0 Å². The van der Waals surface area contributed by atoms with Gasteiger partial charge in [-0.1, -0.05) is 25.7 Å². The molecule has 2 fully saturated rings. The number of rotatable bonds is 16. The van der Waals surface area contributed by atoms with Crippen molar-refractivity contribution in [2.75, 3.05) is 19.8 Å². The molecule has 1 unspecified atom stereocenters. The smallest absolute Gasteiger partial charge is 0.376 e. The standard InChI is InChI=1S/C32H49F6N5O5SSi/c1-19(48-20(2)31(33,34)35)27(41-49(45)30(3,4)5)28-39-23-15-21(9-12-24(23)43(28)18-46-13-14-50(6,7)8)25(17-47-22-10-11-22)42-16-26(32(36,37)38)40-29(42)44/h9,12,15,19-20,22,25-27,41H,10-11,13-14,16-18H2,1-8H3,(H,40,44)/t19-,20+,25-,26+,27+,49?/m1/s1. The number of aromatic nitrogens is 2. The van der Waals surface area contributed by atoms with Crippen molar-refractivity contribution in [2.45, 2.75) is 133 Å². The van der Waals surface area contributed by atoms with Crippen LogP contribution in [-0.4, -0.2) is 94.0 Å². The number of urea groups is 1. The van der Waals surface area contributed by atoms with E-state index in [-0.39, 0.29) is 25.3 Å². The van der Waals surface area contributed by atoms with E-state index in [1.165, 1.54) is 6.92 Å². The molecule has 4 rings (SSSR count). The summed E-state index contributed by atoms with van der Waals surface area (Å²) in [6.45, 7) is 13.8. The third kappa shape index (κ3) is 10.6. The zero-order valence-corrected chi connectivity index (χ0v) is 31.5. The number of ether oxygens (including phenoxy) is 3. The Kier molecular flexibility index (Phi) is 12.5. The Morgan fingerprint density at radius 2 is 1.76 bits per heavy atom. The summed E-state index contributed by atoms with van der Waals surface area (Å²) < 4.78 is 116. The van der Waals surface area contributed by atoms with E-state index in [2.05, 4.69) is 24.4 Å². The van der Waals surface area contributed by atoms with Crippen LogP contribution in [0.15, 0.2) is 18.2 Å². The fourth-order valence-electron chi connectivity index (χ4n) is 5.25. The molecular weight excluding hydrogens is 709 g/mol. The molecule has 2 amide bonds. The minimum atomic E-state index is -4.65. The number of nitrogens with zero attached hydrogens (tertiary/aromatic N) is 3. The van der Waals surface area contributed by atoms with Crippen LogP contribution >= 0.6 is 0 Å². The van der Waals surface area contributed by atoms with Gasteiger partial charge in [-0.3, -0.25) is 0 Å². The summed E-state index contributed by atoms with van der Waals surface area (Å²) in [5.74, 6) is 0.200. The summed E-state index contributed by atoms with van der Waals surface area (Å²) in [7, 11) is -3.24. The monoisotopic (exact) mass is 757 g/mol. The van der Waals surface area contributed by atoms with Crippen molar-refractivity contribution in [3.63, 3.8) is 0 Å². The first-order valence-electron chi connectivity index (χ1n) is 16.7. The molecule has 50 heavy (non-hydrogen) atoms. The molecule has 2 N–H and O–H groups in total. The van der Waals surface area contributed by atoms with Crippen LogP contribution < -0.4 is 10.0 Å². The third-order valence-corrected chi connectivity index (χ3v) is 11.8. The Labute approximate surface area is 292 Å². The number of carbonyl (C=O) groups is 1. The number of alkyl halides is 6. The molecule has 1 saturated carbocycles. The highest BCUT2D eigenvalue weighted by atomic mass is 32.2. The van der Waals surface area contributed by atoms with E-state index in [1.54, 1.807) is 43.5 Å². The minimum Gasteiger partial charge on any atom is -0.376 e. The van der Waals surface area contributed by atoms with E-state index in [9.17, 15) is 35.3 Å². The predicted molar refractivity (Wildman–Crippen MR) is 180 cm³/mol. The first-order valence-corrected chi connectivity index (χ1v) is 21.5. The molecule has 2 aliphatic rings. The topological polar surface area (TPSA) is 107 Å². The molecule has 1 aliphatic carbocycles. The Morgan fingerprint density at radius 1 is 1.10 bits per heavy atom. The lowest BCUT2D eigenvalue weighted by Gasteiger charge is -2.30. The maximum atomic E-state index is 13.6. The first kappa shape index (κ1) is 40.5. The number of nitrogens with one attached hydrogen (secondary N) is 2. The van der Waals surface area contributed by atoms with Crippen LogP contribution in [0.3, 0.4) is 0 Å². The average molecular weight is 758 g/mol. The van der Waals surface area contributed by atoms with Crippen LogP contribution in [0, 0.1) is 0 Å². The third-order valence-electron chi connectivity index (χ3n) is 8.54. The van der Waals surface area contributed by atoms with Gasteiger partial charge in [-0.2, -0.15) is 26.3 Å². The summed E-state index contributed by atoms with van der Waals surface area (Å²) >= 11 is 0. The summed E-state index contributed by atoms with van der Waals surface area (Å²) in [6, 6.07) is 0.918. The lowest BCUT2D eigenvalue weighted by Crippen LogP contribution is -2.43. The molecule has 1 saturated heterocycles. The van der Waals surface area contributed by atoms with Gasteiger partial charge in [0.1, 0.15) is 24.6 Å². The lowest BCUT2D eigenvalue weighted by molar-refractivity contribution is -0.227. The zero-order chi connectivity index (χ0) is 37.4. The van der Waals surface area contributed by atoms with Crippen molar-refractivity contribution >= 4 is 36.1 Å². The Morgan fingerprint density at radius 3 is 2.30 bits per heavy atom. The maximum Gasteiger partial charge on any atom is 0.414 e. The van der Waals surface area contributed by atoms with Crippen LogP contribution in [0.25, 0.3) is 11.0 Å². The van der Waals surface area contributed by atoms with Crippen LogP contribution in [-0.2, 0) is 31.9 Å². The molecule has 1 aromatic heterocycles. The molecule has 1 aromatic carbocycles. The first-order chi connectivity index (χ1) is 23.0. The van der Waals surface area contributed by atoms with Crippen molar-refractivity contribution in [1.29, 1.82) is 0 Å². The number of amides is 2. The predicted octanol–water partition coefficient (Wildman–Crippen LogP) is 6.97. The highest BCUT2D eigenvalue weighted by Gasteiger charge is 2.49. The van der Waals surface area contributed by atoms with Crippen molar-refractivity contribution < 1.29 is 49.6 Å².